The van der Waals surface area contributed by atoms with Gasteiger partial charge in [0.25, 0.3) is 0 Å². The molecule has 0 bridgehead atoms. The number of anilines is 1. The fourth-order valence-electron chi connectivity index (χ4n) is 3.40. The zero-order chi connectivity index (χ0) is 22.6. The predicted octanol–water partition coefficient (Wildman–Crippen LogP) is 6.42. The van der Waals surface area contributed by atoms with Crippen molar-refractivity contribution in [1.82, 2.24) is 4.98 Å². The SMILES string of the molecule is COc1ccc(-c2nc3cc(NC(=O)/C=C/c4ccc(-c5ccccc5)o4)ccc3o2)cc1. The molecule has 0 saturated carbocycles. The molecule has 2 heterocycles. The first-order chi connectivity index (χ1) is 16.2. The Morgan fingerprint density at radius 1 is 0.909 bits per heavy atom. The molecule has 0 spiro atoms. The number of oxazole rings is 1. The lowest BCUT2D eigenvalue weighted by Gasteiger charge is -2.00. The van der Waals surface area contributed by atoms with Crippen LogP contribution in [0.15, 0.2) is 99.8 Å². The maximum atomic E-state index is 12.4. The maximum absolute atomic E-state index is 12.4. The van der Waals surface area contributed by atoms with E-state index in [0.29, 0.717) is 28.4 Å². The smallest absolute Gasteiger partial charge is 0.248 e. The maximum Gasteiger partial charge on any atom is 0.248 e. The van der Waals surface area contributed by atoms with E-state index in [1.807, 2.05) is 66.7 Å². The van der Waals surface area contributed by atoms with E-state index in [1.165, 1.54) is 6.08 Å². The molecule has 33 heavy (non-hydrogen) atoms. The fraction of sp³-hybridized carbons (Fsp3) is 0.0370. The quantitative estimate of drug-likeness (QED) is 0.311. The Hall–Kier alpha value is -4.58. The average molecular weight is 436 g/mol. The number of ether oxygens (including phenoxy) is 1. The van der Waals surface area contributed by atoms with Crippen molar-refractivity contribution in [2.45, 2.75) is 0 Å². The molecule has 0 aliphatic heterocycles. The Kier molecular flexibility index (Phi) is 5.47. The summed E-state index contributed by atoms with van der Waals surface area (Å²) in [6, 6.07) is 26.3. The van der Waals surface area contributed by atoms with Gasteiger partial charge in [-0.1, -0.05) is 30.3 Å². The van der Waals surface area contributed by atoms with Crippen LogP contribution in [-0.2, 0) is 4.79 Å². The summed E-state index contributed by atoms with van der Waals surface area (Å²) < 4.78 is 16.8. The van der Waals surface area contributed by atoms with Crippen LogP contribution in [0.2, 0.25) is 0 Å². The van der Waals surface area contributed by atoms with Gasteiger partial charge in [0.2, 0.25) is 11.8 Å². The van der Waals surface area contributed by atoms with Gasteiger partial charge in [-0.25, -0.2) is 4.98 Å². The highest BCUT2D eigenvalue weighted by molar-refractivity contribution is 6.02. The van der Waals surface area contributed by atoms with Crippen LogP contribution < -0.4 is 10.1 Å². The van der Waals surface area contributed by atoms with Gasteiger partial charge in [0, 0.05) is 22.9 Å². The standard InChI is InChI=1S/C27H20N2O4/c1-31-21-10-7-19(8-11-21)27-29-23-17-20(9-14-25(23)33-27)28-26(30)16-13-22-12-15-24(32-22)18-5-3-2-4-6-18/h2-17H,1H3,(H,28,30)/b16-13+. The van der Waals surface area contributed by atoms with E-state index in [1.54, 1.807) is 31.4 Å². The topological polar surface area (TPSA) is 77.5 Å². The number of carbonyl (C=O) groups is 1. The number of benzene rings is 3. The summed E-state index contributed by atoms with van der Waals surface area (Å²) in [6.07, 6.45) is 3.07. The molecular formula is C27H20N2O4. The van der Waals surface area contributed by atoms with Crippen molar-refractivity contribution in [3.05, 3.63) is 96.8 Å². The van der Waals surface area contributed by atoms with Gasteiger partial charge in [0.05, 0.1) is 7.11 Å². The molecule has 0 saturated heterocycles. The third-order valence-electron chi connectivity index (χ3n) is 5.08. The van der Waals surface area contributed by atoms with Crippen LogP contribution in [0.5, 0.6) is 5.75 Å². The molecule has 0 unspecified atom stereocenters. The number of amides is 1. The molecule has 0 atom stereocenters. The molecule has 0 radical (unpaired) electrons. The third kappa shape index (κ3) is 4.55. The Morgan fingerprint density at radius 2 is 1.73 bits per heavy atom. The number of hydrogen-bond acceptors (Lipinski definition) is 5. The number of aromatic nitrogens is 1. The summed E-state index contributed by atoms with van der Waals surface area (Å²) in [5.74, 6) is 2.34. The van der Waals surface area contributed by atoms with Gasteiger partial charge < -0.3 is 18.9 Å². The number of furan rings is 1. The minimum atomic E-state index is -0.272. The number of nitrogens with one attached hydrogen (secondary N) is 1. The van der Waals surface area contributed by atoms with Gasteiger partial charge in [0.15, 0.2) is 5.58 Å². The van der Waals surface area contributed by atoms with Crippen molar-refractivity contribution in [3.8, 4) is 28.5 Å². The van der Waals surface area contributed by atoms with Crippen LogP contribution in [0.1, 0.15) is 5.76 Å². The summed E-state index contributed by atoms with van der Waals surface area (Å²) in [6.45, 7) is 0. The van der Waals surface area contributed by atoms with Gasteiger partial charge >= 0.3 is 0 Å². The number of hydrogen-bond donors (Lipinski definition) is 1. The molecule has 6 nitrogen and oxygen atoms in total. The molecule has 1 N–H and O–H groups in total. The molecule has 6 heteroatoms. The third-order valence-corrected chi connectivity index (χ3v) is 5.08. The van der Waals surface area contributed by atoms with Gasteiger partial charge in [0.1, 0.15) is 22.8 Å². The Balaban J connectivity index is 1.27. The Bertz CT molecular complexity index is 1430. The van der Waals surface area contributed by atoms with E-state index < -0.39 is 0 Å². The van der Waals surface area contributed by atoms with Gasteiger partial charge in [-0.15, -0.1) is 0 Å². The zero-order valence-corrected chi connectivity index (χ0v) is 17.8. The first kappa shape index (κ1) is 20.3. The zero-order valence-electron chi connectivity index (χ0n) is 17.8. The molecule has 0 aliphatic carbocycles. The summed E-state index contributed by atoms with van der Waals surface area (Å²) in [7, 11) is 1.62. The van der Waals surface area contributed by atoms with E-state index in [2.05, 4.69) is 10.3 Å². The van der Waals surface area contributed by atoms with Crippen LogP contribution >= 0.6 is 0 Å². The van der Waals surface area contributed by atoms with E-state index >= 15 is 0 Å². The van der Waals surface area contributed by atoms with Crippen molar-refractivity contribution >= 4 is 28.8 Å². The molecule has 0 aliphatic rings. The number of fused-ring (bicyclic) bond motifs is 1. The lowest BCUT2D eigenvalue weighted by atomic mass is 10.2. The van der Waals surface area contributed by atoms with E-state index in [0.717, 1.165) is 22.6 Å². The van der Waals surface area contributed by atoms with Gasteiger partial charge in [-0.3, -0.25) is 4.79 Å². The number of methoxy groups -OCH3 is 1. The fourth-order valence-corrected chi connectivity index (χ4v) is 3.40. The van der Waals surface area contributed by atoms with Crippen molar-refractivity contribution < 1.29 is 18.4 Å². The normalized spacial score (nSPS) is 11.2. The highest BCUT2D eigenvalue weighted by Gasteiger charge is 2.10. The van der Waals surface area contributed by atoms with Crippen molar-refractivity contribution in [3.63, 3.8) is 0 Å². The lowest BCUT2D eigenvalue weighted by molar-refractivity contribution is -0.111. The van der Waals surface area contributed by atoms with Crippen LogP contribution in [0, 0.1) is 0 Å². The summed E-state index contributed by atoms with van der Waals surface area (Å²) in [5.41, 5.74) is 3.74. The molecule has 3 aromatic carbocycles. The highest BCUT2D eigenvalue weighted by atomic mass is 16.5. The second kappa shape index (κ2) is 8.88. The minimum absolute atomic E-state index is 0.272. The van der Waals surface area contributed by atoms with E-state index in [9.17, 15) is 4.79 Å². The first-order valence-corrected chi connectivity index (χ1v) is 10.4. The molecule has 162 valence electrons. The molecule has 5 aromatic rings. The second-order valence-electron chi connectivity index (χ2n) is 7.32. The van der Waals surface area contributed by atoms with Crippen LogP contribution in [-0.4, -0.2) is 18.0 Å². The van der Waals surface area contributed by atoms with Crippen LogP contribution in [0.25, 0.3) is 40.0 Å². The summed E-state index contributed by atoms with van der Waals surface area (Å²) in [5, 5.41) is 2.84. The minimum Gasteiger partial charge on any atom is -0.497 e. The summed E-state index contributed by atoms with van der Waals surface area (Å²) in [4.78, 5) is 16.9. The first-order valence-electron chi connectivity index (χ1n) is 10.4. The monoisotopic (exact) mass is 436 g/mol. The molecule has 1 amide bonds. The van der Waals surface area contributed by atoms with Crippen LogP contribution in [0.4, 0.5) is 5.69 Å². The van der Waals surface area contributed by atoms with Crippen LogP contribution in [0.3, 0.4) is 0 Å². The van der Waals surface area contributed by atoms with E-state index in [-0.39, 0.29) is 5.91 Å². The molecule has 5 rings (SSSR count). The van der Waals surface area contributed by atoms with E-state index in [4.69, 9.17) is 13.6 Å². The van der Waals surface area contributed by atoms with Crippen molar-refractivity contribution in [2.75, 3.05) is 12.4 Å². The lowest BCUT2D eigenvalue weighted by Crippen LogP contribution is -2.07. The van der Waals surface area contributed by atoms with Gasteiger partial charge in [-0.2, -0.15) is 0 Å². The largest absolute Gasteiger partial charge is 0.497 e. The molecular weight excluding hydrogens is 416 g/mol. The Labute approximate surface area is 190 Å². The summed E-state index contributed by atoms with van der Waals surface area (Å²) >= 11 is 0. The van der Waals surface area contributed by atoms with Gasteiger partial charge in [-0.05, 0) is 60.7 Å². The number of carbonyl (C=O) groups excluding carboxylic acids is 1. The molecule has 2 aromatic heterocycles. The second-order valence-corrected chi connectivity index (χ2v) is 7.32. The number of rotatable bonds is 6. The Morgan fingerprint density at radius 3 is 2.52 bits per heavy atom. The van der Waals surface area contributed by atoms with Crippen molar-refractivity contribution in [2.24, 2.45) is 0 Å². The highest BCUT2D eigenvalue weighted by Crippen LogP contribution is 2.27. The predicted molar refractivity (Wildman–Crippen MR) is 128 cm³/mol. The number of nitrogens with zero attached hydrogens (tertiary/aromatic N) is 1. The molecule has 0 fully saturated rings. The van der Waals surface area contributed by atoms with Crippen molar-refractivity contribution in [1.29, 1.82) is 0 Å². The average Bonchev–Trinajstić information content (AvgIpc) is 3.50.